The first-order chi connectivity index (χ1) is 8.44. The predicted octanol–water partition coefficient (Wildman–Crippen LogP) is 2.10. The Hall–Kier alpha value is -1.68. The lowest BCUT2D eigenvalue weighted by atomic mass is 9.92. The Labute approximate surface area is 106 Å². The molecule has 2 aromatic rings. The molecule has 0 saturated carbocycles. The summed E-state index contributed by atoms with van der Waals surface area (Å²) in [5, 5.41) is 14.6. The summed E-state index contributed by atoms with van der Waals surface area (Å²) in [4.78, 5) is 0. The van der Waals surface area contributed by atoms with Gasteiger partial charge in [0.1, 0.15) is 5.82 Å². The highest BCUT2D eigenvalue weighted by atomic mass is 19.1. The zero-order chi connectivity index (χ0) is 13.2. The summed E-state index contributed by atoms with van der Waals surface area (Å²) < 4.78 is 14.8. The minimum absolute atomic E-state index is 0.277. The highest BCUT2D eigenvalue weighted by molar-refractivity contribution is 5.19. The summed E-state index contributed by atoms with van der Waals surface area (Å²) in [7, 11) is 1.84. The molecule has 1 heterocycles. The van der Waals surface area contributed by atoms with Crippen LogP contribution in [-0.2, 0) is 19.9 Å². The Morgan fingerprint density at radius 1 is 1.33 bits per heavy atom. The van der Waals surface area contributed by atoms with Crippen molar-refractivity contribution in [2.45, 2.75) is 25.4 Å². The van der Waals surface area contributed by atoms with E-state index >= 15 is 0 Å². The number of nitrogens with zero attached hydrogens (tertiary/aromatic N) is 2. The number of aryl methyl sites for hydroxylation is 1. The van der Waals surface area contributed by atoms with Gasteiger partial charge in [0.15, 0.2) is 0 Å². The molecule has 1 unspecified atom stereocenters. The number of rotatable bonds is 4. The van der Waals surface area contributed by atoms with Gasteiger partial charge in [-0.2, -0.15) is 5.10 Å². The van der Waals surface area contributed by atoms with Gasteiger partial charge >= 0.3 is 0 Å². The number of hydrogen-bond acceptors (Lipinski definition) is 2. The van der Waals surface area contributed by atoms with Crippen molar-refractivity contribution in [1.29, 1.82) is 0 Å². The van der Waals surface area contributed by atoms with Gasteiger partial charge in [-0.05, 0) is 30.7 Å². The Bertz CT molecular complexity index is 534. The van der Waals surface area contributed by atoms with Gasteiger partial charge in [-0.3, -0.25) is 4.68 Å². The van der Waals surface area contributed by atoms with Crippen molar-refractivity contribution in [1.82, 2.24) is 9.78 Å². The smallest absolute Gasteiger partial charge is 0.123 e. The molecule has 1 N–H and O–H groups in total. The fourth-order valence-electron chi connectivity index (χ4n) is 2.10. The molecule has 0 aliphatic carbocycles. The molecule has 0 aliphatic heterocycles. The highest BCUT2D eigenvalue weighted by Crippen LogP contribution is 2.18. The van der Waals surface area contributed by atoms with E-state index in [4.69, 9.17) is 0 Å². The second kappa shape index (κ2) is 4.90. The van der Waals surface area contributed by atoms with Gasteiger partial charge in [0.2, 0.25) is 0 Å². The monoisotopic (exact) mass is 248 g/mol. The van der Waals surface area contributed by atoms with Crippen LogP contribution in [0, 0.1) is 5.82 Å². The maximum atomic E-state index is 13.1. The Morgan fingerprint density at radius 3 is 2.72 bits per heavy atom. The standard InChI is InChI=1S/C14H17FN2O/c1-14(18,10-13-6-7-17(2)16-13)9-11-4-3-5-12(15)8-11/h3-8,18H,9-10H2,1-2H3. The van der Waals surface area contributed by atoms with Crippen LogP contribution in [0.1, 0.15) is 18.2 Å². The molecule has 0 spiro atoms. The minimum atomic E-state index is -0.928. The zero-order valence-corrected chi connectivity index (χ0v) is 10.6. The maximum absolute atomic E-state index is 13.1. The van der Waals surface area contributed by atoms with E-state index < -0.39 is 5.60 Å². The van der Waals surface area contributed by atoms with Gasteiger partial charge in [-0.15, -0.1) is 0 Å². The van der Waals surface area contributed by atoms with E-state index in [1.54, 1.807) is 17.7 Å². The fourth-order valence-corrected chi connectivity index (χ4v) is 2.10. The Balaban J connectivity index is 2.07. The molecule has 1 aromatic heterocycles. The van der Waals surface area contributed by atoms with E-state index in [2.05, 4.69) is 5.10 Å². The second-order valence-corrected chi connectivity index (χ2v) is 4.96. The molecule has 0 fully saturated rings. The van der Waals surface area contributed by atoms with E-state index in [0.29, 0.717) is 12.8 Å². The molecule has 0 radical (unpaired) electrons. The molecule has 1 aromatic carbocycles. The fraction of sp³-hybridized carbons (Fsp3) is 0.357. The summed E-state index contributed by atoms with van der Waals surface area (Å²) in [6, 6.07) is 8.20. The van der Waals surface area contributed by atoms with Crippen LogP contribution >= 0.6 is 0 Å². The van der Waals surface area contributed by atoms with Gasteiger partial charge in [-0.25, -0.2) is 4.39 Å². The third-order valence-electron chi connectivity index (χ3n) is 2.80. The van der Waals surface area contributed by atoms with Gasteiger partial charge < -0.3 is 5.11 Å². The van der Waals surface area contributed by atoms with Crippen LogP contribution in [-0.4, -0.2) is 20.5 Å². The van der Waals surface area contributed by atoms with Crippen LogP contribution in [0.25, 0.3) is 0 Å². The van der Waals surface area contributed by atoms with Crippen molar-refractivity contribution in [3.63, 3.8) is 0 Å². The lowest BCUT2D eigenvalue weighted by Crippen LogP contribution is -2.30. The van der Waals surface area contributed by atoms with E-state index in [9.17, 15) is 9.50 Å². The maximum Gasteiger partial charge on any atom is 0.123 e. The summed E-state index contributed by atoms with van der Waals surface area (Å²) in [6.07, 6.45) is 2.69. The van der Waals surface area contributed by atoms with Crippen LogP contribution < -0.4 is 0 Å². The molecule has 0 aliphatic rings. The zero-order valence-electron chi connectivity index (χ0n) is 10.6. The quantitative estimate of drug-likeness (QED) is 0.899. The molecule has 1 atom stereocenters. The minimum Gasteiger partial charge on any atom is -0.389 e. The summed E-state index contributed by atoms with van der Waals surface area (Å²) in [5.74, 6) is -0.277. The lowest BCUT2D eigenvalue weighted by Gasteiger charge is -2.22. The summed E-state index contributed by atoms with van der Waals surface area (Å²) >= 11 is 0. The normalized spacial score (nSPS) is 14.4. The largest absolute Gasteiger partial charge is 0.389 e. The first kappa shape index (κ1) is 12.8. The number of aliphatic hydroxyl groups is 1. The molecule has 0 amide bonds. The second-order valence-electron chi connectivity index (χ2n) is 4.96. The average Bonchev–Trinajstić information content (AvgIpc) is 2.62. The Kier molecular flexibility index (Phi) is 3.48. The first-order valence-electron chi connectivity index (χ1n) is 5.90. The van der Waals surface area contributed by atoms with E-state index in [0.717, 1.165) is 11.3 Å². The lowest BCUT2D eigenvalue weighted by molar-refractivity contribution is 0.0596. The summed E-state index contributed by atoms with van der Waals surface area (Å²) in [6.45, 7) is 1.74. The molecule has 2 rings (SSSR count). The van der Waals surface area contributed by atoms with Crippen LogP contribution in [0.3, 0.4) is 0 Å². The SMILES string of the molecule is Cn1ccc(CC(C)(O)Cc2cccc(F)c2)n1. The van der Waals surface area contributed by atoms with Crippen molar-refractivity contribution in [2.75, 3.05) is 0 Å². The van der Waals surface area contributed by atoms with Crippen LogP contribution in [0.4, 0.5) is 4.39 Å². The van der Waals surface area contributed by atoms with Gasteiger partial charge in [0.25, 0.3) is 0 Å². The van der Waals surface area contributed by atoms with Crippen LogP contribution in [0.2, 0.25) is 0 Å². The van der Waals surface area contributed by atoms with Gasteiger partial charge in [0, 0.05) is 26.1 Å². The van der Waals surface area contributed by atoms with Crippen molar-refractivity contribution < 1.29 is 9.50 Å². The van der Waals surface area contributed by atoms with Gasteiger partial charge in [-0.1, -0.05) is 12.1 Å². The molecule has 0 bridgehead atoms. The molecule has 0 saturated heterocycles. The molecule has 96 valence electrons. The number of hydrogen-bond donors (Lipinski definition) is 1. The molecular formula is C14H17FN2O. The topological polar surface area (TPSA) is 38.0 Å². The van der Waals surface area contributed by atoms with E-state index in [1.807, 2.05) is 25.4 Å². The molecule has 3 nitrogen and oxygen atoms in total. The van der Waals surface area contributed by atoms with Crippen molar-refractivity contribution in [3.05, 3.63) is 53.6 Å². The Morgan fingerprint density at radius 2 is 2.11 bits per heavy atom. The summed E-state index contributed by atoms with van der Waals surface area (Å²) in [5.41, 5.74) is 0.692. The first-order valence-corrected chi connectivity index (χ1v) is 5.90. The van der Waals surface area contributed by atoms with Gasteiger partial charge in [0.05, 0.1) is 11.3 Å². The predicted molar refractivity (Wildman–Crippen MR) is 67.6 cm³/mol. The number of aromatic nitrogens is 2. The number of halogens is 1. The van der Waals surface area contributed by atoms with Crippen molar-refractivity contribution >= 4 is 0 Å². The number of benzene rings is 1. The van der Waals surface area contributed by atoms with E-state index in [1.165, 1.54) is 12.1 Å². The van der Waals surface area contributed by atoms with Crippen molar-refractivity contribution in [2.24, 2.45) is 7.05 Å². The molecular weight excluding hydrogens is 231 g/mol. The average molecular weight is 248 g/mol. The van der Waals surface area contributed by atoms with Crippen LogP contribution in [0.15, 0.2) is 36.5 Å². The van der Waals surface area contributed by atoms with E-state index in [-0.39, 0.29) is 5.82 Å². The van der Waals surface area contributed by atoms with Crippen LogP contribution in [0.5, 0.6) is 0 Å². The third kappa shape index (κ3) is 3.40. The third-order valence-corrected chi connectivity index (χ3v) is 2.80. The highest BCUT2D eigenvalue weighted by Gasteiger charge is 2.22. The molecule has 4 heteroatoms. The van der Waals surface area contributed by atoms with Crippen molar-refractivity contribution in [3.8, 4) is 0 Å². The molecule has 18 heavy (non-hydrogen) atoms.